The molecule has 1 saturated carbocycles. The van der Waals surface area contributed by atoms with Crippen molar-refractivity contribution in [2.24, 2.45) is 0 Å². The fourth-order valence-electron chi connectivity index (χ4n) is 3.07. The van der Waals surface area contributed by atoms with E-state index >= 15 is 0 Å². The van der Waals surface area contributed by atoms with Gasteiger partial charge in [-0.2, -0.15) is 8.78 Å². The highest BCUT2D eigenvalue weighted by Crippen LogP contribution is 2.34. The Hall–Kier alpha value is -1.81. The standard InChI is InChI=1S/C15H19F2N3O4S/c16-15(17)25(23,24)12-3-4-13(14(9-12)20(21)22)19-7-5-11(6-8-19)18-10-1-2-10/h3-4,9-11,15,18H,1-2,5-8H2. The van der Waals surface area contributed by atoms with Crippen molar-refractivity contribution in [1.82, 2.24) is 5.32 Å². The maximum Gasteiger partial charge on any atom is 0.341 e. The minimum absolute atomic E-state index is 0.267. The Labute approximate surface area is 144 Å². The van der Waals surface area contributed by atoms with Crippen molar-refractivity contribution in [2.75, 3.05) is 18.0 Å². The second-order valence-corrected chi connectivity index (χ2v) is 8.33. The number of rotatable bonds is 6. The van der Waals surface area contributed by atoms with Gasteiger partial charge in [-0.3, -0.25) is 10.1 Å². The molecule has 0 spiro atoms. The molecule has 25 heavy (non-hydrogen) atoms. The number of sulfone groups is 1. The summed E-state index contributed by atoms with van der Waals surface area (Å²) in [6.45, 7) is 1.18. The Kier molecular flexibility index (Phi) is 4.92. The van der Waals surface area contributed by atoms with Crippen LogP contribution in [0.5, 0.6) is 0 Å². The Morgan fingerprint density at radius 3 is 2.28 bits per heavy atom. The van der Waals surface area contributed by atoms with Crippen molar-refractivity contribution in [2.45, 2.75) is 48.4 Å². The molecule has 2 fully saturated rings. The molecule has 0 aromatic heterocycles. The van der Waals surface area contributed by atoms with Crippen LogP contribution in [-0.2, 0) is 9.84 Å². The van der Waals surface area contributed by atoms with E-state index in [9.17, 15) is 27.3 Å². The minimum Gasteiger partial charge on any atom is -0.366 e. The number of anilines is 1. The second-order valence-electron chi connectivity index (χ2n) is 6.42. The Bertz CT molecular complexity index is 760. The van der Waals surface area contributed by atoms with Gasteiger partial charge in [0.05, 0.1) is 9.82 Å². The van der Waals surface area contributed by atoms with Gasteiger partial charge >= 0.3 is 5.76 Å². The van der Waals surface area contributed by atoms with E-state index in [1.165, 1.54) is 18.9 Å². The number of nitro benzene ring substituents is 1. The number of nitrogens with one attached hydrogen (secondary N) is 1. The Balaban J connectivity index is 1.80. The summed E-state index contributed by atoms with van der Waals surface area (Å²) in [6.07, 6.45) is 4.02. The maximum atomic E-state index is 12.7. The molecule has 1 aromatic carbocycles. The third-order valence-corrected chi connectivity index (χ3v) is 5.97. The molecule has 10 heteroatoms. The molecule has 1 N–H and O–H groups in total. The molecule has 0 radical (unpaired) electrons. The molecule has 138 valence electrons. The topological polar surface area (TPSA) is 92.5 Å². The van der Waals surface area contributed by atoms with E-state index in [1.807, 2.05) is 4.90 Å². The second kappa shape index (κ2) is 6.83. The molecule has 1 aliphatic carbocycles. The number of hydrogen-bond acceptors (Lipinski definition) is 6. The van der Waals surface area contributed by atoms with E-state index in [2.05, 4.69) is 5.32 Å². The normalized spacial score (nSPS) is 19.4. The summed E-state index contributed by atoms with van der Waals surface area (Å²) < 4.78 is 48.4. The number of hydrogen-bond donors (Lipinski definition) is 1. The molecular weight excluding hydrogens is 356 g/mol. The van der Waals surface area contributed by atoms with E-state index < -0.39 is 31.1 Å². The van der Waals surface area contributed by atoms with Crippen LogP contribution >= 0.6 is 0 Å². The lowest BCUT2D eigenvalue weighted by atomic mass is 10.0. The van der Waals surface area contributed by atoms with Crippen molar-refractivity contribution < 1.29 is 22.1 Å². The summed E-state index contributed by atoms with van der Waals surface area (Å²) in [5, 5.41) is 14.8. The summed E-state index contributed by atoms with van der Waals surface area (Å²) in [4.78, 5) is 11.7. The lowest BCUT2D eigenvalue weighted by Crippen LogP contribution is -2.43. The lowest BCUT2D eigenvalue weighted by Gasteiger charge is -2.33. The monoisotopic (exact) mass is 375 g/mol. The number of piperidine rings is 1. The van der Waals surface area contributed by atoms with Gasteiger partial charge in [0.25, 0.3) is 5.69 Å². The number of halogens is 2. The van der Waals surface area contributed by atoms with Gasteiger partial charge in [0.1, 0.15) is 5.69 Å². The summed E-state index contributed by atoms with van der Waals surface area (Å²) in [7, 11) is -4.86. The van der Waals surface area contributed by atoms with E-state index in [1.54, 1.807) is 0 Å². The van der Waals surface area contributed by atoms with E-state index in [0.29, 0.717) is 25.2 Å². The fourth-order valence-corrected chi connectivity index (χ4v) is 3.81. The van der Waals surface area contributed by atoms with Crippen LogP contribution in [-0.4, -0.2) is 44.3 Å². The summed E-state index contributed by atoms with van der Waals surface area (Å²) >= 11 is 0. The molecule has 2 aliphatic rings. The van der Waals surface area contributed by atoms with Crippen LogP contribution < -0.4 is 10.2 Å². The van der Waals surface area contributed by atoms with Gasteiger partial charge < -0.3 is 10.2 Å². The van der Waals surface area contributed by atoms with Gasteiger partial charge in [-0.25, -0.2) is 8.42 Å². The average molecular weight is 375 g/mol. The van der Waals surface area contributed by atoms with Crippen LogP contribution in [0.3, 0.4) is 0 Å². The van der Waals surface area contributed by atoms with Gasteiger partial charge in [0.15, 0.2) is 0 Å². The molecule has 0 amide bonds. The van der Waals surface area contributed by atoms with Crippen LogP contribution in [0.15, 0.2) is 23.1 Å². The van der Waals surface area contributed by atoms with Crippen molar-refractivity contribution in [3.63, 3.8) is 0 Å². The number of nitro groups is 1. The smallest absolute Gasteiger partial charge is 0.341 e. The first-order valence-corrected chi connectivity index (χ1v) is 9.65. The first-order valence-electron chi connectivity index (χ1n) is 8.10. The summed E-state index contributed by atoms with van der Waals surface area (Å²) in [6, 6.07) is 3.96. The van der Waals surface area contributed by atoms with Gasteiger partial charge in [-0.05, 0) is 37.8 Å². The Morgan fingerprint density at radius 2 is 1.76 bits per heavy atom. The largest absolute Gasteiger partial charge is 0.366 e. The summed E-state index contributed by atoms with van der Waals surface area (Å²) in [5.41, 5.74) is -0.196. The molecule has 0 bridgehead atoms. The van der Waals surface area contributed by atoms with Gasteiger partial charge in [-0.1, -0.05) is 0 Å². The van der Waals surface area contributed by atoms with E-state index in [-0.39, 0.29) is 5.69 Å². The molecule has 1 aliphatic heterocycles. The van der Waals surface area contributed by atoms with Crippen molar-refractivity contribution >= 4 is 21.2 Å². The highest BCUT2D eigenvalue weighted by Gasteiger charge is 2.32. The molecule has 0 atom stereocenters. The third kappa shape index (κ3) is 3.90. The first-order chi connectivity index (χ1) is 11.8. The van der Waals surface area contributed by atoms with Gasteiger partial charge in [-0.15, -0.1) is 0 Å². The number of benzene rings is 1. The third-order valence-electron chi connectivity index (χ3n) is 4.59. The zero-order valence-electron chi connectivity index (χ0n) is 13.4. The van der Waals surface area contributed by atoms with Gasteiger partial charge in [0, 0.05) is 31.2 Å². The molecule has 3 rings (SSSR count). The number of nitrogens with zero attached hydrogens (tertiary/aromatic N) is 2. The minimum atomic E-state index is -4.86. The number of alkyl halides is 2. The van der Waals surface area contributed by atoms with Crippen molar-refractivity contribution in [3.8, 4) is 0 Å². The van der Waals surface area contributed by atoms with Crippen LogP contribution in [0.25, 0.3) is 0 Å². The van der Waals surface area contributed by atoms with E-state index in [4.69, 9.17) is 0 Å². The lowest BCUT2D eigenvalue weighted by molar-refractivity contribution is -0.384. The molecule has 7 nitrogen and oxygen atoms in total. The van der Waals surface area contributed by atoms with Crippen LogP contribution in [0.2, 0.25) is 0 Å². The van der Waals surface area contributed by atoms with Crippen LogP contribution in [0.1, 0.15) is 25.7 Å². The average Bonchev–Trinajstić information content (AvgIpc) is 3.39. The van der Waals surface area contributed by atoms with E-state index in [0.717, 1.165) is 25.0 Å². The predicted molar refractivity (Wildman–Crippen MR) is 87.7 cm³/mol. The molecule has 0 unspecified atom stereocenters. The zero-order chi connectivity index (χ0) is 18.2. The van der Waals surface area contributed by atoms with Crippen LogP contribution in [0.4, 0.5) is 20.2 Å². The van der Waals surface area contributed by atoms with Gasteiger partial charge in [0.2, 0.25) is 9.84 Å². The predicted octanol–water partition coefficient (Wildman–Crippen LogP) is 2.31. The molecule has 1 aromatic rings. The van der Waals surface area contributed by atoms with Crippen molar-refractivity contribution in [3.05, 3.63) is 28.3 Å². The zero-order valence-corrected chi connectivity index (χ0v) is 14.2. The molecule has 1 heterocycles. The Morgan fingerprint density at radius 1 is 1.16 bits per heavy atom. The first kappa shape index (κ1) is 18.0. The van der Waals surface area contributed by atoms with Crippen LogP contribution in [0, 0.1) is 10.1 Å². The highest BCUT2D eigenvalue weighted by molar-refractivity contribution is 7.91. The quantitative estimate of drug-likeness (QED) is 0.606. The molecule has 1 saturated heterocycles. The SMILES string of the molecule is O=[N+]([O-])c1cc(S(=O)(=O)C(F)F)ccc1N1CCC(NC2CC2)CC1. The maximum absolute atomic E-state index is 12.7. The molecular formula is C15H19F2N3O4S. The highest BCUT2D eigenvalue weighted by atomic mass is 32.2. The fraction of sp³-hybridized carbons (Fsp3) is 0.600. The summed E-state index contributed by atoms with van der Waals surface area (Å²) in [5.74, 6) is -3.61. The van der Waals surface area contributed by atoms with Crippen molar-refractivity contribution in [1.29, 1.82) is 0 Å².